The maximum absolute atomic E-state index is 13.3. The van der Waals surface area contributed by atoms with E-state index >= 15 is 0 Å². The maximum Gasteiger partial charge on any atom is 0.322 e. The molecule has 0 saturated heterocycles. The van der Waals surface area contributed by atoms with Crippen LogP contribution in [0.2, 0.25) is 0 Å². The van der Waals surface area contributed by atoms with Gasteiger partial charge in [0.15, 0.2) is 0 Å². The molecule has 1 unspecified atom stereocenters. The zero-order chi connectivity index (χ0) is 21.3. The van der Waals surface area contributed by atoms with Gasteiger partial charge in [0.1, 0.15) is 5.75 Å². The number of anilines is 1. The number of amides is 2. The van der Waals surface area contributed by atoms with Crippen molar-refractivity contribution in [1.82, 2.24) is 9.47 Å². The van der Waals surface area contributed by atoms with Gasteiger partial charge in [-0.15, -0.1) is 0 Å². The van der Waals surface area contributed by atoms with Crippen LogP contribution in [-0.2, 0) is 12.0 Å². The first kappa shape index (κ1) is 20.1. The highest BCUT2D eigenvalue weighted by molar-refractivity contribution is 5.90. The lowest BCUT2D eigenvalue weighted by Crippen LogP contribution is -2.44. The second-order valence-electron chi connectivity index (χ2n) is 8.75. The number of aromatic nitrogens is 1. The van der Waals surface area contributed by atoms with E-state index in [0.29, 0.717) is 6.54 Å². The molecule has 4 rings (SSSR count). The van der Waals surface area contributed by atoms with Crippen LogP contribution in [0.4, 0.5) is 10.5 Å². The number of hydrogen-bond acceptors (Lipinski definition) is 2. The van der Waals surface area contributed by atoms with E-state index in [1.165, 1.54) is 5.56 Å². The molecule has 1 N–H and O–H groups in total. The molecule has 3 aromatic rings. The second-order valence-corrected chi connectivity index (χ2v) is 8.75. The number of carbonyl (C=O) groups excluding carboxylic acids is 1. The summed E-state index contributed by atoms with van der Waals surface area (Å²) in [6.45, 7) is 7.98. The van der Waals surface area contributed by atoms with Crippen molar-refractivity contribution in [2.75, 3.05) is 19.0 Å². The number of nitrogens with zero attached hydrogens (tertiary/aromatic N) is 2. The zero-order valence-electron chi connectivity index (χ0n) is 18.1. The number of fused-ring (bicyclic) bond motifs is 1. The fraction of sp³-hybridized carbons (Fsp3) is 0.320. The molecule has 5 heteroatoms. The van der Waals surface area contributed by atoms with E-state index in [9.17, 15) is 4.79 Å². The van der Waals surface area contributed by atoms with Crippen molar-refractivity contribution in [3.05, 3.63) is 83.7 Å². The molecule has 1 aliphatic heterocycles. The van der Waals surface area contributed by atoms with E-state index < -0.39 is 0 Å². The van der Waals surface area contributed by atoms with E-state index in [-0.39, 0.29) is 17.5 Å². The van der Waals surface area contributed by atoms with E-state index in [2.05, 4.69) is 55.1 Å². The maximum atomic E-state index is 13.3. The Bertz CT molecular complexity index is 1010. The summed E-state index contributed by atoms with van der Waals surface area (Å²) < 4.78 is 7.52. The molecule has 2 heterocycles. The normalized spacial score (nSPS) is 16.1. The van der Waals surface area contributed by atoms with Crippen LogP contribution in [0.5, 0.6) is 5.75 Å². The van der Waals surface area contributed by atoms with Gasteiger partial charge in [0.2, 0.25) is 0 Å². The molecular weight excluding hydrogens is 374 g/mol. The highest BCUT2D eigenvalue weighted by atomic mass is 16.5. The lowest BCUT2D eigenvalue weighted by Gasteiger charge is -2.37. The first-order valence-electron chi connectivity index (χ1n) is 10.3. The molecule has 0 saturated carbocycles. The molecule has 2 amide bonds. The van der Waals surface area contributed by atoms with Crippen LogP contribution >= 0.6 is 0 Å². The Hall–Kier alpha value is -3.21. The summed E-state index contributed by atoms with van der Waals surface area (Å²) in [6, 6.07) is 20.0. The number of urea groups is 1. The number of nitrogens with one attached hydrogen (secondary N) is 1. The van der Waals surface area contributed by atoms with Crippen molar-refractivity contribution in [2.24, 2.45) is 0 Å². The average Bonchev–Trinajstić information content (AvgIpc) is 3.21. The van der Waals surface area contributed by atoms with E-state index in [1.54, 1.807) is 7.11 Å². The quantitative estimate of drug-likeness (QED) is 0.634. The van der Waals surface area contributed by atoms with Gasteiger partial charge in [-0.1, -0.05) is 45.0 Å². The van der Waals surface area contributed by atoms with E-state index in [1.807, 2.05) is 47.4 Å². The average molecular weight is 404 g/mol. The van der Waals surface area contributed by atoms with Crippen molar-refractivity contribution in [3.8, 4) is 5.75 Å². The van der Waals surface area contributed by atoms with Crippen LogP contribution < -0.4 is 10.1 Å². The first-order valence-corrected chi connectivity index (χ1v) is 10.3. The lowest BCUT2D eigenvalue weighted by atomic mass is 9.87. The molecule has 0 aliphatic carbocycles. The summed E-state index contributed by atoms with van der Waals surface area (Å²) in [5.41, 5.74) is 4.31. The minimum Gasteiger partial charge on any atom is -0.497 e. The predicted molar refractivity (Wildman–Crippen MR) is 120 cm³/mol. The van der Waals surface area contributed by atoms with Crippen molar-refractivity contribution >= 4 is 11.7 Å². The molecule has 1 aliphatic rings. The Labute approximate surface area is 178 Å². The van der Waals surface area contributed by atoms with Crippen LogP contribution in [0.25, 0.3) is 0 Å². The third-order valence-corrected chi connectivity index (χ3v) is 5.73. The lowest BCUT2D eigenvalue weighted by molar-refractivity contribution is 0.182. The van der Waals surface area contributed by atoms with Crippen LogP contribution in [-0.4, -0.2) is 29.2 Å². The van der Waals surface area contributed by atoms with Gasteiger partial charge in [0.25, 0.3) is 0 Å². The van der Waals surface area contributed by atoms with Gasteiger partial charge >= 0.3 is 6.03 Å². The summed E-state index contributed by atoms with van der Waals surface area (Å²) in [4.78, 5) is 15.2. The van der Waals surface area contributed by atoms with Crippen LogP contribution in [0, 0.1) is 0 Å². The number of ether oxygens (including phenoxy) is 1. The molecule has 2 aromatic carbocycles. The van der Waals surface area contributed by atoms with Gasteiger partial charge in [-0.2, -0.15) is 0 Å². The second kappa shape index (κ2) is 7.90. The Morgan fingerprint density at radius 3 is 2.33 bits per heavy atom. The third kappa shape index (κ3) is 3.92. The van der Waals surface area contributed by atoms with Gasteiger partial charge < -0.3 is 19.5 Å². The number of benzene rings is 2. The molecule has 1 aromatic heterocycles. The monoisotopic (exact) mass is 403 g/mol. The van der Waals surface area contributed by atoms with Crippen LogP contribution in [0.1, 0.15) is 43.6 Å². The van der Waals surface area contributed by atoms with E-state index in [0.717, 1.165) is 29.2 Å². The minimum atomic E-state index is -0.145. The van der Waals surface area contributed by atoms with Gasteiger partial charge in [0, 0.05) is 30.7 Å². The van der Waals surface area contributed by atoms with Crippen LogP contribution in [0.15, 0.2) is 66.9 Å². The number of carbonyl (C=O) groups is 1. The topological polar surface area (TPSA) is 46.5 Å². The fourth-order valence-corrected chi connectivity index (χ4v) is 3.99. The predicted octanol–water partition coefficient (Wildman–Crippen LogP) is 5.43. The molecule has 0 bridgehead atoms. The van der Waals surface area contributed by atoms with E-state index in [4.69, 9.17) is 4.74 Å². The Kier molecular flexibility index (Phi) is 5.29. The summed E-state index contributed by atoms with van der Waals surface area (Å²) in [7, 11) is 1.66. The zero-order valence-corrected chi connectivity index (χ0v) is 18.1. The largest absolute Gasteiger partial charge is 0.497 e. The summed E-state index contributed by atoms with van der Waals surface area (Å²) in [6.07, 6.45) is 2.08. The Morgan fingerprint density at radius 1 is 1.00 bits per heavy atom. The molecule has 0 fully saturated rings. The molecular formula is C25H29N3O2. The smallest absolute Gasteiger partial charge is 0.322 e. The van der Waals surface area contributed by atoms with Gasteiger partial charge in [-0.05, 0) is 52.9 Å². The van der Waals surface area contributed by atoms with Gasteiger partial charge in [-0.3, -0.25) is 0 Å². The highest BCUT2D eigenvalue weighted by Gasteiger charge is 2.32. The third-order valence-electron chi connectivity index (χ3n) is 5.73. The molecule has 30 heavy (non-hydrogen) atoms. The van der Waals surface area contributed by atoms with Crippen molar-refractivity contribution in [2.45, 2.75) is 38.8 Å². The highest BCUT2D eigenvalue weighted by Crippen LogP contribution is 2.34. The van der Waals surface area contributed by atoms with Crippen molar-refractivity contribution in [1.29, 1.82) is 0 Å². The van der Waals surface area contributed by atoms with Crippen LogP contribution in [0.3, 0.4) is 0 Å². The summed E-state index contributed by atoms with van der Waals surface area (Å²) in [5, 5.41) is 3.09. The number of methoxy groups -OCH3 is 1. The van der Waals surface area contributed by atoms with Crippen molar-refractivity contribution in [3.63, 3.8) is 0 Å². The standard InChI is InChI=1S/C25H29N3O2/c1-25(2,3)19-9-11-20(12-10-19)26-24(29)28-17-16-27-15-5-6-22(27)23(28)18-7-13-21(30-4)14-8-18/h5-15,23H,16-17H2,1-4H3,(H,26,29). The minimum absolute atomic E-state index is 0.0836. The molecule has 0 radical (unpaired) electrons. The first-order chi connectivity index (χ1) is 14.4. The van der Waals surface area contributed by atoms with Gasteiger partial charge in [0.05, 0.1) is 13.2 Å². The summed E-state index contributed by atoms with van der Waals surface area (Å²) in [5.74, 6) is 0.805. The molecule has 0 spiro atoms. The molecule has 1 atom stereocenters. The van der Waals surface area contributed by atoms with Crippen molar-refractivity contribution < 1.29 is 9.53 Å². The number of hydrogen-bond donors (Lipinski definition) is 1. The summed E-state index contributed by atoms with van der Waals surface area (Å²) >= 11 is 0. The fourth-order valence-electron chi connectivity index (χ4n) is 3.99. The SMILES string of the molecule is COc1ccc(C2c3cccn3CCN2C(=O)Nc2ccc(C(C)(C)C)cc2)cc1. The van der Waals surface area contributed by atoms with Gasteiger partial charge in [-0.25, -0.2) is 4.79 Å². The Balaban J connectivity index is 1.60. The number of rotatable bonds is 3. The molecule has 156 valence electrons. The Morgan fingerprint density at radius 2 is 1.70 bits per heavy atom. The molecule has 5 nitrogen and oxygen atoms in total.